The largest absolute Gasteiger partial charge is 0.491 e. The summed E-state index contributed by atoms with van der Waals surface area (Å²) in [6, 6.07) is 13.2. The Labute approximate surface area is 164 Å². The molecular weight excluding hydrogens is 366 g/mol. The second-order valence-electron chi connectivity index (χ2n) is 6.66. The third kappa shape index (κ3) is 5.62. The number of aryl methyl sites for hydroxylation is 2. The highest BCUT2D eigenvalue weighted by Gasteiger charge is 2.25. The summed E-state index contributed by atoms with van der Waals surface area (Å²) in [7, 11) is 0. The van der Waals surface area contributed by atoms with Gasteiger partial charge in [-0.15, -0.1) is 0 Å². The van der Waals surface area contributed by atoms with E-state index in [2.05, 4.69) is 0 Å². The number of morpholine rings is 1. The number of halogens is 1. The first-order valence-electron chi connectivity index (χ1n) is 8.99. The van der Waals surface area contributed by atoms with E-state index in [-0.39, 0.29) is 18.6 Å². The van der Waals surface area contributed by atoms with Crippen LogP contribution in [0, 0.1) is 13.8 Å². The summed E-state index contributed by atoms with van der Waals surface area (Å²) in [5, 5.41) is 0.710. The highest BCUT2D eigenvalue weighted by atomic mass is 35.5. The minimum Gasteiger partial charge on any atom is -0.491 e. The first-order chi connectivity index (χ1) is 13.0. The lowest BCUT2D eigenvalue weighted by Crippen LogP contribution is -2.49. The maximum absolute atomic E-state index is 12.4. The average molecular weight is 390 g/mol. The summed E-state index contributed by atoms with van der Waals surface area (Å²) in [5.74, 6) is 1.39. The van der Waals surface area contributed by atoms with Crippen molar-refractivity contribution in [1.29, 1.82) is 0 Å². The molecule has 1 heterocycles. The van der Waals surface area contributed by atoms with Crippen molar-refractivity contribution in [3.8, 4) is 11.5 Å². The van der Waals surface area contributed by atoms with Crippen molar-refractivity contribution >= 4 is 17.5 Å². The van der Waals surface area contributed by atoms with Gasteiger partial charge in [-0.05, 0) is 49.7 Å². The molecule has 0 saturated carbocycles. The van der Waals surface area contributed by atoms with Gasteiger partial charge in [-0.25, -0.2) is 0 Å². The second kappa shape index (κ2) is 9.11. The van der Waals surface area contributed by atoms with Crippen LogP contribution < -0.4 is 9.47 Å². The second-order valence-corrected chi connectivity index (χ2v) is 7.06. The van der Waals surface area contributed by atoms with Gasteiger partial charge in [0.05, 0.1) is 13.2 Å². The van der Waals surface area contributed by atoms with Crippen molar-refractivity contribution in [2.24, 2.45) is 0 Å². The van der Waals surface area contributed by atoms with Crippen LogP contribution in [-0.4, -0.2) is 49.8 Å². The van der Waals surface area contributed by atoms with Gasteiger partial charge in [0, 0.05) is 11.6 Å². The molecule has 0 radical (unpaired) electrons. The molecule has 144 valence electrons. The van der Waals surface area contributed by atoms with Gasteiger partial charge in [-0.1, -0.05) is 29.3 Å². The van der Waals surface area contributed by atoms with Gasteiger partial charge in [0.25, 0.3) is 5.91 Å². The zero-order valence-electron chi connectivity index (χ0n) is 15.6. The van der Waals surface area contributed by atoms with E-state index >= 15 is 0 Å². The SMILES string of the molecule is Cc1ccc(OCC(=O)N2CCO[C@@H](COc3ccc(Cl)c(C)c3)C2)cc1. The number of amides is 1. The smallest absolute Gasteiger partial charge is 0.260 e. The van der Waals surface area contributed by atoms with Crippen LogP contribution in [0.2, 0.25) is 5.02 Å². The highest BCUT2D eigenvalue weighted by molar-refractivity contribution is 6.31. The van der Waals surface area contributed by atoms with E-state index in [0.29, 0.717) is 37.1 Å². The molecule has 3 rings (SSSR count). The van der Waals surface area contributed by atoms with Crippen molar-refractivity contribution < 1.29 is 19.0 Å². The molecule has 1 aliphatic rings. The Morgan fingerprint density at radius 3 is 2.63 bits per heavy atom. The Morgan fingerprint density at radius 2 is 1.89 bits per heavy atom. The van der Waals surface area contributed by atoms with Crippen LogP contribution in [0.3, 0.4) is 0 Å². The molecule has 5 nitrogen and oxygen atoms in total. The maximum atomic E-state index is 12.4. The first-order valence-corrected chi connectivity index (χ1v) is 9.37. The lowest BCUT2D eigenvalue weighted by molar-refractivity contribution is -0.142. The molecule has 1 amide bonds. The van der Waals surface area contributed by atoms with Crippen LogP contribution in [0.4, 0.5) is 0 Å². The molecule has 0 aliphatic carbocycles. The van der Waals surface area contributed by atoms with Crippen molar-refractivity contribution in [3.63, 3.8) is 0 Å². The third-order valence-corrected chi connectivity index (χ3v) is 4.86. The minimum absolute atomic E-state index is 0.0209. The summed E-state index contributed by atoms with van der Waals surface area (Å²) < 4.78 is 17.1. The fourth-order valence-electron chi connectivity index (χ4n) is 2.81. The van der Waals surface area contributed by atoms with Crippen LogP contribution in [-0.2, 0) is 9.53 Å². The zero-order chi connectivity index (χ0) is 19.2. The van der Waals surface area contributed by atoms with Crippen LogP contribution in [0.15, 0.2) is 42.5 Å². The van der Waals surface area contributed by atoms with E-state index in [0.717, 1.165) is 16.9 Å². The van der Waals surface area contributed by atoms with Gasteiger partial charge in [-0.2, -0.15) is 0 Å². The van der Waals surface area contributed by atoms with Gasteiger partial charge in [-0.3, -0.25) is 4.79 Å². The lowest BCUT2D eigenvalue weighted by Gasteiger charge is -2.32. The molecule has 0 unspecified atom stereocenters. The van der Waals surface area contributed by atoms with E-state index in [1.165, 1.54) is 0 Å². The number of ether oxygens (including phenoxy) is 3. The maximum Gasteiger partial charge on any atom is 0.260 e. The van der Waals surface area contributed by atoms with Gasteiger partial charge in [0.2, 0.25) is 0 Å². The standard InChI is InChI=1S/C21H24ClNO4/c1-15-3-5-17(6-4-15)27-14-21(24)23-9-10-25-19(12-23)13-26-18-7-8-20(22)16(2)11-18/h3-8,11,19H,9-10,12-14H2,1-2H3/t19-/m1/s1. The van der Waals surface area contributed by atoms with Gasteiger partial charge in [0.1, 0.15) is 24.2 Å². The predicted molar refractivity (Wildman–Crippen MR) is 105 cm³/mol. The van der Waals surface area contributed by atoms with E-state index in [4.69, 9.17) is 25.8 Å². The number of hydrogen-bond donors (Lipinski definition) is 0. The predicted octanol–water partition coefficient (Wildman–Crippen LogP) is 3.64. The Morgan fingerprint density at radius 1 is 1.15 bits per heavy atom. The molecule has 0 aromatic heterocycles. The number of rotatable bonds is 6. The molecule has 2 aromatic rings. The van der Waals surface area contributed by atoms with Crippen LogP contribution in [0.25, 0.3) is 0 Å². The number of carbonyl (C=O) groups excluding carboxylic acids is 1. The van der Waals surface area contributed by atoms with Gasteiger partial charge in [0.15, 0.2) is 6.61 Å². The number of benzene rings is 2. The van der Waals surface area contributed by atoms with Crippen LogP contribution in [0.5, 0.6) is 11.5 Å². The summed E-state index contributed by atoms with van der Waals surface area (Å²) in [5.41, 5.74) is 2.12. The fraction of sp³-hybridized carbons (Fsp3) is 0.381. The molecular formula is C21H24ClNO4. The topological polar surface area (TPSA) is 48.0 Å². The molecule has 1 saturated heterocycles. The number of nitrogens with zero attached hydrogens (tertiary/aromatic N) is 1. The number of carbonyl (C=O) groups is 1. The highest BCUT2D eigenvalue weighted by Crippen LogP contribution is 2.21. The lowest BCUT2D eigenvalue weighted by atomic mass is 10.2. The monoisotopic (exact) mass is 389 g/mol. The molecule has 1 aliphatic heterocycles. The van der Waals surface area contributed by atoms with Crippen molar-refractivity contribution in [3.05, 3.63) is 58.6 Å². The summed E-state index contributed by atoms with van der Waals surface area (Å²) in [6.07, 6.45) is -0.168. The van der Waals surface area contributed by atoms with Gasteiger partial charge < -0.3 is 19.1 Å². The quantitative estimate of drug-likeness (QED) is 0.756. The average Bonchev–Trinajstić information content (AvgIpc) is 2.68. The van der Waals surface area contributed by atoms with E-state index in [1.54, 1.807) is 4.90 Å². The zero-order valence-corrected chi connectivity index (χ0v) is 16.4. The van der Waals surface area contributed by atoms with Crippen LogP contribution in [0.1, 0.15) is 11.1 Å². The van der Waals surface area contributed by atoms with Crippen molar-refractivity contribution in [2.45, 2.75) is 20.0 Å². The van der Waals surface area contributed by atoms with E-state index in [1.807, 2.05) is 56.3 Å². The van der Waals surface area contributed by atoms with E-state index < -0.39 is 0 Å². The van der Waals surface area contributed by atoms with Crippen molar-refractivity contribution in [2.75, 3.05) is 32.9 Å². The van der Waals surface area contributed by atoms with E-state index in [9.17, 15) is 4.79 Å². The molecule has 0 N–H and O–H groups in total. The Kier molecular flexibility index (Phi) is 6.58. The Hall–Kier alpha value is -2.24. The molecule has 0 spiro atoms. The first kappa shape index (κ1) is 19.5. The summed E-state index contributed by atoms with van der Waals surface area (Å²) in [4.78, 5) is 14.2. The summed E-state index contributed by atoms with van der Waals surface area (Å²) >= 11 is 6.03. The minimum atomic E-state index is -0.168. The van der Waals surface area contributed by atoms with Gasteiger partial charge >= 0.3 is 0 Å². The molecule has 0 bridgehead atoms. The molecule has 1 atom stereocenters. The molecule has 6 heteroatoms. The van der Waals surface area contributed by atoms with Crippen molar-refractivity contribution in [1.82, 2.24) is 4.90 Å². The molecule has 2 aromatic carbocycles. The number of hydrogen-bond acceptors (Lipinski definition) is 4. The Bertz CT molecular complexity index is 778. The normalized spacial score (nSPS) is 16.9. The fourth-order valence-corrected chi connectivity index (χ4v) is 2.93. The third-order valence-electron chi connectivity index (χ3n) is 4.44. The van der Waals surface area contributed by atoms with Crippen LogP contribution >= 0.6 is 11.6 Å². The Balaban J connectivity index is 1.47. The summed E-state index contributed by atoms with van der Waals surface area (Å²) in [6.45, 7) is 5.88. The molecule has 27 heavy (non-hydrogen) atoms. The molecule has 1 fully saturated rings.